The molecule has 96 valence electrons. The van der Waals surface area contributed by atoms with E-state index in [-0.39, 0.29) is 11.9 Å². The average Bonchev–Trinajstić information content (AvgIpc) is 2.72. The summed E-state index contributed by atoms with van der Waals surface area (Å²) < 4.78 is 15.2. The Morgan fingerprint density at radius 1 is 1.28 bits per heavy atom. The van der Waals surface area contributed by atoms with Crippen LogP contribution in [-0.2, 0) is 11.8 Å². The summed E-state index contributed by atoms with van der Waals surface area (Å²) in [6.07, 6.45) is 0.593. The second-order valence-electron chi connectivity index (χ2n) is 4.44. The van der Waals surface area contributed by atoms with Gasteiger partial charge in [0.2, 0.25) is 0 Å². The Hall–Kier alpha value is -1.23. The van der Waals surface area contributed by atoms with Crippen molar-refractivity contribution < 1.29 is 4.39 Å². The maximum absolute atomic E-state index is 13.2. The molecule has 0 unspecified atom stereocenters. The molecule has 3 nitrogen and oxygen atoms in total. The molecule has 0 radical (unpaired) electrons. The molecule has 5 heteroatoms. The Kier molecular flexibility index (Phi) is 4.11. The molecule has 0 aliphatic carbocycles. The maximum atomic E-state index is 13.2. The van der Waals surface area contributed by atoms with Crippen LogP contribution in [0.5, 0.6) is 0 Å². The SMILES string of the molecule is CC(C)n1c(CBr)nnc1Cc1cccc(F)c1. The van der Waals surface area contributed by atoms with Gasteiger partial charge in [0.25, 0.3) is 0 Å². The first kappa shape index (κ1) is 13.2. The highest BCUT2D eigenvalue weighted by Crippen LogP contribution is 2.17. The quantitative estimate of drug-likeness (QED) is 0.809. The van der Waals surface area contributed by atoms with Crippen LogP contribution in [0.25, 0.3) is 0 Å². The standard InChI is InChI=1S/C13H15BrFN3/c1-9(2)18-12(16-17-13(18)8-14)7-10-4-3-5-11(15)6-10/h3-6,9H,7-8H2,1-2H3. The molecule has 1 aromatic carbocycles. The fourth-order valence-electron chi connectivity index (χ4n) is 2.00. The zero-order valence-corrected chi connectivity index (χ0v) is 12.0. The Morgan fingerprint density at radius 2 is 2.00 bits per heavy atom. The van der Waals surface area contributed by atoms with Gasteiger partial charge in [0, 0.05) is 12.5 Å². The van der Waals surface area contributed by atoms with Crippen molar-refractivity contribution in [2.24, 2.45) is 0 Å². The van der Waals surface area contributed by atoms with Crippen LogP contribution in [0.4, 0.5) is 4.39 Å². The van der Waals surface area contributed by atoms with Crippen LogP contribution in [0.2, 0.25) is 0 Å². The first-order valence-corrected chi connectivity index (χ1v) is 6.97. The number of hydrogen-bond acceptors (Lipinski definition) is 2. The number of rotatable bonds is 4. The number of nitrogens with zero attached hydrogens (tertiary/aromatic N) is 3. The number of hydrogen-bond donors (Lipinski definition) is 0. The molecule has 2 rings (SSSR count). The molecule has 1 heterocycles. The summed E-state index contributed by atoms with van der Waals surface area (Å²) in [7, 11) is 0. The van der Waals surface area contributed by atoms with Crippen molar-refractivity contribution in [3.05, 3.63) is 47.3 Å². The Labute approximate surface area is 114 Å². The van der Waals surface area contributed by atoms with E-state index >= 15 is 0 Å². The van der Waals surface area contributed by atoms with E-state index in [9.17, 15) is 4.39 Å². The monoisotopic (exact) mass is 311 g/mol. The van der Waals surface area contributed by atoms with Gasteiger partial charge >= 0.3 is 0 Å². The largest absolute Gasteiger partial charge is 0.311 e. The molecule has 1 aromatic heterocycles. The molecule has 0 bridgehead atoms. The zero-order chi connectivity index (χ0) is 13.1. The van der Waals surface area contributed by atoms with E-state index in [1.54, 1.807) is 6.07 Å². The Morgan fingerprint density at radius 3 is 2.61 bits per heavy atom. The molecule has 0 spiro atoms. The summed E-state index contributed by atoms with van der Waals surface area (Å²) >= 11 is 3.40. The van der Waals surface area contributed by atoms with Gasteiger partial charge in [0.05, 0.1) is 5.33 Å². The highest BCUT2D eigenvalue weighted by atomic mass is 79.9. The highest BCUT2D eigenvalue weighted by molar-refractivity contribution is 9.08. The topological polar surface area (TPSA) is 30.7 Å². The van der Waals surface area contributed by atoms with E-state index in [1.807, 2.05) is 6.07 Å². The van der Waals surface area contributed by atoms with Gasteiger partial charge in [0.15, 0.2) is 0 Å². The first-order chi connectivity index (χ1) is 8.61. The van der Waals surface area contributed by atoms with Crippen molar-refractivity contribution in [2.45, 2.75) is 31.6 Å². The molecule has 0 N–H and O–H groups in total. The molecular weight excluding hydrogens is 297 g/mol. The number of halogens is 2. The van der Waals surface area contributed by atoms with Crippen LogP contribution < -0.4 is 0 Å². The second kappa shape index (κ2) is 5.61. The molecular formula is C13H15BrFN3. The molecule has 0 saturated carbocycles. The highest BCUT2D eigenvalue weighted by Gasteiger charge is 2.14. The molecule has 0 fully saturated rings. The van der Waals surface area contributed by atoms with E-state index in [0.717, 1.165) is 17.2 Å². The molecule has 0 aliphatic rings. The van der Waals surface area contributed by atoms with Crippen LogP contribution in [0.1, 0.15) is 37.1 Å². The molecule has 18 heavy (non-hydrogen) atoms. The lowest BCUT2D eigenvalue weighted by molar-refractivity contribution is 0.558. The van der Waals surface area contributed by atoms with Crippen LogP contribution in [0, 0.1) is 5.82 Å². The normalized spacial score (nSPS) is 11.2. The van der Waals surface area contributed by atoms with E-state index in [1.165, 1.54) is 12.1 Å². The molecule has 0 saturated heterocycles. The number of alkyl halides is 1. The summed E-state index contributed by atoms with van der Waals surface area (Å²) in [4.78, 5) is 0. The second-order valence-corrected chi connectivity index (χ2v) is 5.00. The van der Waals surface area contributed by atoms with Gasteiger partial charge in [-0.05, 0) is 31.5 Å². The van der Waals surface area contributed by atoms with Gasteiger partial charge in [0.1, 0.15) is 17.5 Å². The predicted molar refractivity (Wildman–Crippen MR) is 72.2 cm³/mol. The summed E-state index contributed by atoms with van der Waals surface area (Å²) in [5.74, 6) is 1.55. The summed E-state index contributed by atoms with van der Waals surface area (Å²) in [6, 6.07) is 6.88. The van der Waals surface area contributed by atoms with Crippen LogP contribution in [-0.4, -0.2) is 14.8 Å². The van der Waals surface area contributed by atoms with Crippen LogP contribution in [0.3, 0.4) is 0 Å². The van der Waals surface area contributed by atoms with Gasteiger partial charge in [-0.2, -0.15) is 0 Å². The number of aromatic nitrogens is 3. The predicted octanol–water partition coefficient (Wildman–Crippen LogP) is 3.48. The van der Waals surface area contributed by atoms with E-state index in [0.29, 0.717) is 11.8 Å². The van der Waals surface area contributed by atoms with Crippen LogP contribution >= 0.6 is 15.9 Å². The minimum absolute atomic E-state index is 0.219. The Bertz CT molecular complexity index is 537. The van der Waals surface area contributed by atoms with Crippen molar-refractivity contribution in [1.29, 1.82) is 0 Å². The molecule has 0 amide bonds. The lowest BCUT2D eigenvalue weighted by Gasteiger charge is -2.13. The van der Waals surface area contributed by atoms with E-state index < -0.39 is 0 Å². The lowest BCUT2D eigenvalue weighted by Crippen LogP contribution is -2.10. The minimum Gasteiger partial charge on any atom is -0.311 e. The van der Waals surface area contributed by atoms with Crippen molar-refractivity contribution in [3.63, 3.8) is 0 Å². The van der Waals surface area contributed by atoms with Crippen molar-refractivity contribution in [2.75, 3.05) is 0 Å². The summed E-state index contributed by atoms with van der Waals surface area (Å²) in [5.41, 5.74) is 0.908. The Balaban J connectivity index is 2.32. The van der Waals surface area contributed by atoms with Crippen molar-refractivity contribution >= 4 is 15.9 Å². The van der Waals surface area contributed by atoms with Gasteiger partial charge in [-0.1, -0.05) is 28.1 Å². The average molecular weight is 312 g/mol. The van der Waals surface area contributed by atoms with Crippen molar-refractivity contribution in [3.8, 4) is 0 Å². The third-order valence-electron chi connectivity index (χ3n) is 2.72. The van der Waals surface area contributed by atoms with Gasteiger partial charge in [-0.3, -0.25) is 0 Å². The van der Waals surface area contributed by atoms with E-state index in [2.05, 4.69) is 44.5 Å². The zero-order valence-electron chi connectivity index (χ0n) is 10.4. The third-order valence-corrected chi connectivity index (χ3v) is 3.23. The van der Waals surface area contributed by atoms with Gasteiger partial charge in [-0.15, -0.1) is 10.2 Å². The lowest BCUT2D eigenvalue weighted by atomic mass is 10.1. The summed E-state index contributed by atoms with van der Waals surface area (Å²) in [6.45, 7) is 4.18. The number of benzene rings is 1. The fraction of sp³-hybridized carbons (Fsp3) is 0.385. The smallest absolute Gasteiger partial charge is 0.143 e. The first-order valence-electron chi connectivity index (χ1n) is 5.85. The van der Waals surface area contributed by atoms with Gasteiger partial charge < -0.3 is 4.57 Å². The van der Waals surface area contributed by atoms with Crippen molar-refractivity contribution in [1.82, 2.24) is 14.8 Å². The summed E-state index contributed by atoms with van der Waals surface area (Å²) in [5, 5.41) is 9.01. The van der Waals surface area contributed by atoms with Gasteiger partial charge in [-0.25, -0.2) is 4.39 Å². The molecule has 2 aromatic rings. The molecule has 0 aliphatic heterocycles. The molecule has 0 atom stereocenters. The van der Waals surface area contributed by atoms with Crippen LogP contribution in [0.15, 0.2) is 24.3 Å². The van der Waals surface area contributed by atoms with E-state index in [4.69, 9.17) is 0 Å². The maximum Gasteiger partial charge on any atom is 0.143 e. The third kappa shape index (κ3) is 2.77. The minimum atomic E-state index is -0.219. The fourth-order valence-corrected chi connectivity index (χ4v) is 2.38.